The number of hydrogen-bond acceptors (Lipinski definition) is 5. The van der Waals surface area contributed by atoms with Crippen molar-refractivity contribution in [2.75, 3.05) is 13.1 Å². The topological polar surface area (TPSA) is 92.5 Å². The Morgan fingerprint density at radius 2 is 1.79 bits per heavy atom. The summed E-state index contributed by atoms with van der Waals surface area (Å²) in [5.41, 5.74) is 2.04. The van der Waals surface area contributed by atoms with Gasteiger partial charge in [-0.05, 0) is 26.7 Å². The van der Waals surface area contributed by atoms with Crippen LogP contribution >= 0.6 is 0 Å². The number of Topliss-reactive ketones (excluding diaryl/α,β-unsaturated/α-hetero) is 1. The number of nitrogens with zero attached hydrogens (tertiary/aromatic N) is 2. The molecule has 1 N–H and O–H groups in total. The van der Waals surface area contributed by atoms with Gasteiger partial charge in [0.15, 0.2) is 11.5 Å². The van der Waals surface area contributed by atoms with Gasteiger partial charge in [-0.25, -0.2) is 0 Å². The molecule has 1 aromatic heterocycles. The van der Waals surface area contributed by atoms with Gasteiger partial charge in [0.25, 0.3) is 5.91 Å². The van der Waals surface area contributed by atoms with Crippen LogP contribution in [0.3, 0.4) is 0 Å². The minimum Gasteiger partial charge on any atom is -0.361 e. The molecular weight excluding hydrogens is 358 g/mol. The van der Waals surface area contributed by atoms with Crippen LogP contribution in [0.4, 0.5) is 0 Å². The van der Waals surface area contributed by atoms with Crippen molar-refractivity contribution in [2.45, 2.75) is 45.6 Å². The summed E-state index contributed by atoms with van der Waals surface area (Å²) in [5, 5.41) is 6.74. The zero-order valence-electron chi connectivity index (χ0n) is 16.2. The Morgan fingerprint density at radius 1 is 1.11 bits per heavy atom. The number of likely N-dealkylation sites (tertiary alicyclic amines) is 1. The summed E-state index contributed by atoms with van der Waals surface area (Å²) < 4.78 is 4.95. The quantitative estimate of drug-likeness (QED) is 0.774. The number of piperidine rings is 1. The van der Waals surface area contributed by atoms with E-state index < -0.39 is 0 Å². The number of aromatic nitrogens is 1. The fraction of sp³-hybridized carbons (Fsp3) is 0.429. The number of aryl methyl sites for hydroxylation is 2. The van der Waals surface area contributed by atoms with Crippen LogP contribution in [0.1, 0.15) is 57.9 Å². The summed E-state index contributed by atoms with van der Waals surface area (Å²) in [4.78, 5) is 38.4. The van der Waals surface area contributed by atoms with Crippen LogP contribution in [0.5, 0.6) is 0 Å². The second-order valence-electron chi connectivity index (χ2n) is 7.25. The molecule has 2 aromatic rings. The molecular formula is C21H25N3O4. The van der Waals surface area contributed by atoms with Gasteiger partial charge in [-0.3, -0.25) is 14.4 Å². The molecule has 0 bridgehead atoms. The van der Waals surface area contributed by atoms with E-state index in [2.05, 4.69) is 10.5 Å². The summed E-state index contributed by atoms with van der Waals surface area (Å²) in [6, 6.07) is 9.01. The van der Waals surface area contributed by atoms with Crippen LogP contribution < -0.4 is 5.32 Å². The molecule has 1 saturated heterocycles. The van der Waals surface area contributed by atoms with Crippen molar-refractivity contribution in [3.63, 3.8) is 0 Å². The molecule has 0 unspecified atom stereocenters. The Morgan fingerprint density at radius 3 is 2.39 bits per heavy atom. The smallest absolute Gasteiger partial charge is 0.276 e. The van der Waals surface area contributed by atoms with E-state index in [1.54, 1.807) is 30.0 Å². The molecule has 0 saturated carbocycles. The van der Waals surface area contributed by atoms with Gasteiger partial charge in [0, 0.05) is 43.6 Å². The van der Waals surface area contributed by atoms with Crippen LogP contribution in [0.25, 0.3) is 0 Å². The SMILES string of the molecule is Cc1ccc(C(=O)CCC(=O)NC2CCN(C(=O)c3cc(C)on3)CC2)cc1. The predicted molar refractivity (Wildman–Crippen MR) is 103 cm³/mol. The second-order valence-corrected chi connectivity index (χ2v) is 7.25. The van der Waals surface area contributed by atoms with Crippen molar-refractivity contribution in [1.82, 2.24) is 15.4 Å². The van der Waals surface area contributed by atoms with E-state index in [-0.39, 0.29) is 36.5 Å². The van der Waals surface area contributed by atoms with Crippen LogP contribution in [0.2, 0.25) is 0 Å². The normalized spacial score (nSPS) is 14.7. The molecule has 2 heterocycles. The van der Waals surface area contributed by atoms with Crippen LogP contribution in [0.15, 0.2) is 34.9 Å². The van der Waals surface area contributed by atoms with Crippen molar-refractivity contribution in [2.24, 2.45) is 0 Å². The van der Waals surface area contributed by atoms with Crippen LogP contribution in [0, 0.1) is 13.8 Å². The maximum atomic E-state index is 12.4. The third-order valence-electron chi connectivity index (χ3n) is 4.95. The third kappa shape index (κ3) is 5.06. The van der Waals surface area contributed by atoms with E-state index in [1.165, 1.54) is 0 Å². The largest absolute Gasteiger partial charge is 0.361 e. The Hall–Kier alpha value is -2.96. The van der Waals surface area contributed by atoms with Gasteiger partial charge >= 0.3 is 0 Å². The Kier molecular flexibility index (Phi) is 6.23. The number of benzene rings is 1. The van der Waals surface area contributed by atoms with Gasteiger partial charge in [-0.1, -0.05) is 35.0 Å². The summed E-state index contributed by atoms with van der Waals surface area (Å²) in [5.74, 6) is 0.298. The number of ketones is 1. The van der Waals surface area contributed by atoms with E-state index in [0.29, 0.717) is 42.9 Å². The van der Waals surface area contributed by atoms with Gasteiger partial charge in [-0.15, -0.1) is 0 Å². The summed E-state index contributed by atoms with van der Waals surface area (Å²) in [6.07, 6.45) is 1.72. The van der Waals surface area contributed by atoms with E-state index in [1.807, 2.05) is 19.1 Å². The zero-order chi connectivity index (χ0) is 20.1. The molecule has 0 radical (unpaired) electrons. The first kappa shape index (κ1) is 19.8. The van der Waals surface area contributed by atoms with Gasteiger partial charge in [0.2, 0.25) is 5.91 Å². The van der Waals surface area contributed by atoms with E-state index in [4.69, 9.17) is 4.52 Å². The Bertz CT molecular complexity index is 849. The third-order valence-corrected chi connectivity index (χ3v) is 4.95. The number of hydrogen-bond donors (Lipinski definition) is 1. The minimum atomic E-state index is -0.148. The van der Waals surface area contributed by atoms with Gasteiger partial charge in [-0.2, -0.15) is 0 Å². The first-order valence-electron chi connectivity index (χ1n) is 9.54. The lowest BCUT2D eigenvalue weighted by atomic mass is 10.0. The number of amides is 2. The molecule has 7 nitrogen and oxygen atoms in total. The second kappa shape index (κ2) is 8.82. The maximum Gasteiger partial charge on any atom is 0.276 e. The van der Waals surface area contributed by atoms with Gasteiger partial charge < -0.3 is 14.7 Å². The molecule has 2 amide bonds. The number of nitrogens with one attached hydrogen (secondary N) is 1. The predicted octanol–water partition coefficient (Wildman–Crippen LogP) is 2.68. The fourth-order valence-corrected chi connectivity index (χ4v) is 3.27. The first-order chi connectivity index (χ1) is 13.4. The van der Waals surface area contributed by atoms with Crippen molar-refractivity contribution in [3.05, 3.63) is 52.9 Å². The zero-order valence-corrected chi connectivity index (χ0v) is 16.2. The first-order valence-corrected chi connectivity index (χ1v) is 9.54. The van der Waals surface area contributed by atoms with Crippen molar-refractivity contribution in [1.29, 1.82) is 0 Å². The minimum absolute atomic E-state index is 0.0186. The van der Waals surface area contributed by atoms with Crippen LogP contribution in [-0.2, 0) is 4.79 Å². The highest BCUT2D eigenvalue weighted by molar-refractivity contribution is 5.98. The maximum absolute atomic E-state index is 12.4. The van der Waals surface area contributed by atoms with Crippen molar-refractivity contribution >= 4 is 17.6 Å². The Balaban J connectivity index is 1.40. The monoisotopic (exact) mass is 383 g/mol. The molecule has 1 aromatic carbocycles. The average Bonchev–Trinajstić information content (AvgIpc) is 3.13. The van der Waals surface area contributed by atoms with Crippen molar-refractivity contribution in [3.8, 4) is 0 Å². The average molecular weight is 383 g/mol. The van der Waals surface area contributed by atoms with Crippen molar-refractivity contribution < 1.29 is 18.9 Å². The molecule has 0 aliphatic carbocycles. The van der Waals surface area contributed by atoms with E-state index in [0.717, 1.165) is 5.56 Å². The lowest BCUT2D eigenvalue weighted by Gasteiger charge is -2.31. The fourth-order valence-electron chi connectivity index (χ4n) is 3.27. The lowest BCUT2D eigenvalue weighted by Crippen LogP contribution is -2.46. The molecule has 1 aliphatic heterocycles. The molecule has 0 atom stereocenters. The van der Waals surface area contributed by atoms with Crippen LogP contribution in [-0.4, -0.2) is 46.8 Å². The van der Waals surface area contributed by atoms with Gasteiger partial charge in [0.1, 0.15) is 5.76 Å². The molecule has 1 fully saturated rings. The van der Waals surface area contributed by atoms with E-state index in [9.17, 15) is 14.4 Å². The Labute approximate surface area is 164 Å². The molecule has 28 heavy (non-hydrogen) atoms. The number of rotatable bonds is 6. The highest BCUT2D eigenvalue weighted by atomic mass is 16.5. The molecule has 148 valence electrons. The summed E-state index contributed by atoms with van der Waals surface area (Å²) in [6.45, 7) is 4.82. The molecule has 3 rings (SSSR count). The molecule has 1 aliphatic rings. The standard InChI is InChI=1S/C21H25N3O4/c1-14-3-5-16(6-4-14)19(25)7-8-20(26)22-17-9-11-24(12-10-17)21(27)18-13-15(2)28-23-18/h3-6,13,17H,7-12H2,1-2H3,(H,22,26). The summed E-state index contributed by atoms with van der Waals surface area (Å²) >= 11 is 0. The molecule has 0 spiro atoms. The number of carbonyl (C=O) groups is 3. The number of carbonyl (C=O) groups excluding carboxylic acids is 3. The van der Waals surface area contributed by atoms with E-state index >= 15 is 0 Å². The van der Waals surface area contributed by atoms with Gasteiger partial charge in [0.05, 0.1) is 0 Å². The highest BCUT2D eigenvalue weighted by Gasteiger charge is 2.26. The highest BCUT2D eigenvalue weighted by Crippen LogP contribution is 2.15. The summed E-state index contributed by atoms with van der Waals surface area (Å²) in [7, 11) is 0. The molecule has 7 heteroatoms. The lowest BCUT2D eigenvalue weighted by molar-refractivity contribution is -0.122.